The average Bonchev–Trinajstić information content (AvgIpc) is 3.13. The highest BCUT2D eigenvalue weighted by atomic mass is 32.2. The molecule has 1 saturated heterocycles. The zero-order valence-corrected chi connectivity index (χ0v) is 14.3. The van der Waals surface area contributed by atoms with Crippen molar-refractivity contribution in [2.24, 2.45) is 11.3 Å². The van der Waals surface area contributed by atoms with E-state index >= 15 is 0 Å². The fraction of sp³-hybridized carbons (Fsp3) is 0.556. The molecule has 1 aromatic rings. The summed E-state index contributed by atoms with van der Waals surface area (Å²) in [6.07, 6.45) is 3.48. The lowest BCUT2D eigenvalue weighted by Crippen LogP contribution is -2.43. The van der Waals surface area contributed by atoms with Gasteiger partial charge < -0.3 is 15.3 Å². The first kappa shape index (κ1) is 15.8. The van der Waals surface area contributed by atoms with Gasteiger partial charge in [-0.15, -0.1) is 11.8 Å². The van der Waals surface area contributed by atoms with Gasteiger partial charge in [0.1, 0.15) is 0 Å². The summed E-state index contributed by atoms with van der Waals surface area (Å²) in [5.74, 6) is 0.360. The molecule has 3 atom stereocenters. The number of nitrogens with zero attached hydrogens (tertiary/aromatic N) is 1. The molecule has 2 aliphatic heterocycles. The summed E-state index contributed by atoms with van der Waals surface area (Å²) in [5.41, 5.74) is 0.465. The van der Waals surface area contributed by atoms with Crippen molar-refractivity contribution in [3.63, 3.8) is 0 Å². The van der Waals surface area contributed by atoms with Gasteiger partial charge in [0.2, 0.25) is 0 Å². The zero-order chi connectivity index (χ0) is 16.7. The number of hydrogen-bond donors (Lipinski definition) is 2. The van der Waals surface area contributed by atoms with E-state index < -0.39 is 11.4 Å². The van der Waals surface area contributed by atoms with E-state index in [9.17, 15) is 14.7 Å². The summed E-state index contributed by atoms with van der Waals surface area (Å²) in [6, 6.07) is 8.10. The Bertz CT molecular complexity index is 680. The van der Waals surface area contributed by atoms with Gasteiger partial charge in [-0.2, -0.15) is 0 Å². The smallest absolute Gasteiger partial charge is 0.317 e. The summed E-state index contributed by atoms with van der Waals surface area (Å²) in [4.78, 5) is 27.5. The fourth-order valence-corrected chi connectivity index (χ4v) is 5.65. The molecule has 2 amide bonds. The number of urea groups is 1. The molecule has 0 radical (unpaired) electrons. The molecule has 0 spiro atoms. The van der Waals surface area contributed by atoms with E-state index in [1.807, 2.05) is 23.9 Å². The zero-order valence-electron chi connectivity index (χ0n) is 13.5. The molecular weight excluding hydrogens is 324 g/mol. The third-order valence-corrected chi connectivity index (χ3v) is 6.96. The minimum atomic E-state index is -0.736. The van der Waals surface area contributed by atoms with Crippen LogP contribution in [0.4, 0.5) is 4.79 Å². The van der Waals surface area contributed by atoms with Crippen molar-refractivity contribution in [3.8, 4) is 0 Å². The minimum absolute atomic E-state index is 0.0242. The topological polar surface area (TPSA) is 69.6 Å². The largest absolute Gasteiger partial charge is 0.481 e. The molecular formula is C18H22N2O3S. The number of fused-ring (bicyclic) bond motifs is 2. The maximum atomic E-state index is 12.7. The van der Waals surface area contributed by atoms with Gasteiger partial charge in [0.25, 0.3) is 0 Å². The Morgan fingerprint density at radius 3 is 2.92 bits per heavy atom. The van der Waals surface area contributed by atoms with Gasteiger partial charge in [-0.1, -0.05) is 24.6 Å². The number of amides is 2. The molecule has 2 N–H and O–H groups in total. The first-order chi connectivity index (χ1) is 11.6. The van der Waals surface area contributed by atoms with Crippen LogP contribution in [0.1, 0.15) is 37.3 Å². The first-order valence-corrected chi connectivity index (χ1v) is 9.59. The third kappa shape index (κ3) is 2.48. The Hall–Kier alpha value is -1.69. The number of nitrogens with one attached hydrogen (secondary N) is 1. The van der Waals surface area contributed by atoms with E-state index in [1.165, 1.54) is 10.5 Å². The molecule has 0 aromatic heterocycles. The lowest BCUT2D eigenvalue weighted by Gasteiger charge is -2.29. The molecule has 1 aromatic carbocycles. The summed E-state index contributed by atoms with van der Waals surface area (Å²) in [6.45, 7) is 0.920. The van der Waals surface area contributed by atoms with Gasteiger partial charge in [0.05, 0.1) is 11.5 Å². The van der Waals surface area contributed by atoms with Crippen molar-refractivity contribution >= 4 is 23.8 Å². The van der Waals surface area contributed by atoms with E-state index in [0.29, 0.717) is 19.5 Å². The van der Waals surface area contributed by atoms with Gasteiger partial charge in [0.15, 0.2) is 0 Å². The summed E-state index contributed by atoms with van der Waals surface area (Å²) in [7, 11) is 0. The van der Waals surface area contributed by atoms with Crippen molar-refractivity contribution in [2.75, 3.05) is 18.8 Å². The monoisotopic (exact) mass is 346 g/mol. The normalized spacial score (nSPS) is 31.4. The number of carbonyl (C=O) groups is 2. The van der Waals surface area contributed by atoms with Crippen LogP contribution in [-0.4, -0.2) is 40.8 Å². The Labute approximate surface area is 145 Å². The van der Waals surface area contributed by atoms with Gasteiger partial charge >= 0.3 is 12.0 Å². The van der Waals surface area contributed by atoms with Crippen LogP contribution in [0.5, 0.6) is 0 Å². The molecule has 6 heteroatoms. The van der Waals surface area contributed by atoms with Crippen LogP contribution in [-0.2, 0) is 4.79 Å². The van der Waals surface area contributed by atoms with E-state index in [-0.39, 0.29) is 18.0 Å². The highest BCUT2D eigenvalue weighted by molar-refractivity contribution is 7.99. The fourth-order valence-electron chi connectivity index (χ4n) is 4.53. The number of benzene rings is 1. The minimum Gasteiger partial charge on any atom is -0.481 e. The quantitative estimate of drug-likeness (QED) is 0.863. The molecule has 128 valence electrons. The molecule has 5 nitrogen and oxygen atoms in total. The molecule has 1 aliphatic carbocycles. The summed E-state index contributed by atoms with van der Waals surface area (Å²) >= 11 is 1.83. The summed E-state index contributed by atoms with van der Waals surface area (Å²) in [5, 5.41) is 12.8. The average molecular weight is 346 g/mol. The Balaban J connectivity index is 1.48. The molecule has 2 heterocycles. The van der Waals surface area contributed by atoms with Crippen LogP contribution in [0.2, 0.25) is 0 Å². The standard InChI is InChI=1S/C18H22N2O3S/c21-16(22)18-8-3-4-12(18)10-20(11-18)17(23)19-14-7-9-24-15-6-2-1-5-13(14)15/h1-2,5-6,12,14H,3-4,7-11H2,(H,19,23)(H,21,22)/t12-,14?,18+/m0/s1. The number of thioether (sulfide) groups is 1. The Kier molecular flexibility index (Phi) is 3.95. The molecule has 1 saturated carbocycles. The van der Waals surface area contributed by atoms with Crippen LogP contribution in [0, 0.1) is 11.3 Å². The molecule has 1 unspecified atom stereocenters. The number of carbonyl (C=O) groups excluding carboxylic acids is 1. The van der Waals surface area contributed by atoms with Crippen LogP contribution >= 0.6 is 11.8 Å². The van der Waals surface area contributed by atoms with E-state index in [1.54, 1.807) is 4.90 Å². The molecule has 24 heavy (non-hydrogen) atoms. The van der Waals surface area contributed by atoms with Gasteiger partial charge in [-0.3, -0.25) is 4.79 Å². The second kappa shape index (κ2) is 5.99. The maximum Gasteiger partial charge on any atom is 0.317 e. The van der Waals surface area contributed by atoms with E-state index in [4.69, 9.17) is 0 Å². The molecule has 4 rings (SSSR count). The Morgan fingerprint density at radius 1 is 1.29 bits per heavy atom. The molecule has 0 bridgehead atoms. The van der Waals surface area contributed by atoms with Crippen LogP contribution < -0.4 is 5.32 Å². The van der Waals surface area contributed by atoms with Crippen molar-refractivity contribution in [3.05, 3.63) is 29.8 Å². The number of carboxylic acid groups (broad SMARTS) is 1. The van der Waals surface area contributed by atoms with Crippen molar-refractivity contribution in [2.45, 2.75) is 36.6 Å². The van der Waals surface area contributed by atoms with Gasteiger partial charge in [0, 0.05) is 23.7 Å². The lowest BCUT2D eigenvalue weighted by molar-refractivity contribution is -0.149. The molecule has 2 fully saturated rings. The highest BCUT2D eigenvalue weighted by Crippen LogP contribution is 2.49. The first-order valence-electron chi connectivity index (χ1n) is 8.61. The van der Waals surface area contributed by atoms with Gasteiger partial charge in [-0.05, 0) is 36.8 Å². The summed E-state index contributed by atoms with van der Waals surface area (Å²) < 4.78 is 0. The highest BCUT2D eigenvalue weighted by Gasteiger charge is 2.55. The van der Waals surface area contributed by atoms with Crippen LogP contribution in [0.3, 0.4) is 0 Å². The number of carboxylic acids is 1. The van der Waals surface area contributed by atoms with Crippen molar-refractivity contribution in [1.29, 1.82) is 0 Å². The van der Waals surface area contributed by atoms with Crippen molar-refractivity contribution < 1.29 is 14.7 Å². The van der Waals surface area contributed by atoms with E-state index in [0.717, 1.165) is 25.0 Å². The maximum absolute atomic E-state index is 12.7. The van der Waals surface area contributed by atoms with Crippen molar-refractivity contribution in [1.82, 2.24) is 10.2 Å². The number of rotatable bonds is 2. The number of aliphatic carboxylic acids is 1. The lowest BCUT2D eigenvalue weighted by atomic mass is 9.81. The number of likely N-dealkylation sites (tertiary alicyclic amines) is 1. The van der Waals surface area contributed by atoms with Gasteiger partial charge in [-0.25, -0.2) is 4.79 Å². The third-order valence-electron chi connectivity index (χ3n) is 5.84. The van der Waals surface area contributed by atoms with Crippen LogP contribution in [0.15, 0.2) is 29.2 Å². The van der Waals surface area contributed by atoms with E-state index in [2.05, 4.69) is 17.4 Å². The SMILES string of the molecule is O=C(NC1CCSc2ccccc21)N1C[C@@H]2CCC[C@@]2(C(=O)O)C1. The second-order valence-electron chi connectivity index (χ2n) is 7.11. The predicted molar refractivity (Wildman–Crippen MR) is 92.0 cm³/mol. The Morgan fingerprint density at radius 2 is 2.12 bits per heavy atom. The molecule has 3 aliphatic rings. The number of hydrogen-bond acceptors (Lipinski definition) is 3. The predicted octanol–water partition coefficient (Wildman–Crippen LogP) is 3.12. The second-order valence-corrected chi connectivity index (χ2v) is 8.24. The van der Waals surface area contributed by atoms with Crippen LogP contribution in [0.25, 0.3) is 0 Å².